The zero-order valence-corrected chi connectivity index (χ0v) is 15.1. The Kier molecular flexibility index (Phi) is 4.98. The number of Topliss-reactive ketones (excluding diaryl/α,β-unsaturated/α-hetero) is 1. The van der Waals surface area contributed by atoms with Gasteiger partial charge in [0.2, 0.25) is 0 Å². The van der Waals surface area contributed by atoms with Gasteiger partial charge in [-0.2, -0.15) is 5.10 Å². The molecule has 0 fully saturated rings. The van der Waals surface area contributed by atoms with Crippen molar-refractivity contribution >= 4 is 11.5 Å². The van der Waals surface area contributed by atoms with E-state index in [1.165, 1.54) is 23.1 Å². The number of carbonyl (C=O) groups is 1. The molecule has 0 atom stereocenters. The molecule has 138 valence electrons. The van der Waals surface area contributed by atoms with Gasteiger partial charge in [-0.15, -0.1) is 6.58 Å². The van der Waals surface area contributed by atoms with Crippen molar-refractivity contribution in [1.82, 2.24) is 19.3 Å². The van der Waals surface area contributed by atoms with Gasteiger partial charge in [0.15, 0.2) is 11.6 Å². The van der Waals surface area contributed by atoms with Crippen LogP contribution < -0.4 is 0 Å². The predicted octanol–water partition coefficient (Wildman–Crippen LogP) is 3.34. The lowest BCUT2D eigenvalue weighted by molar-refractivity contribution is -0.384. The molecule has 0 aliphatic carbocycles. The van der Waals surface area contributed by atoms with E-state index in [4.69, 9.17) is 0 Å². The van der Waals surface area contributed by atoms with Crippen LogP contribution in [0.3, 0.4) is 0 Å². The third-order valence-corrected chi connectivity index (χ3v) is 4.34. The van der Waals surface area contributed by atoms with Crippen molar-refractivity contribution in [2.24, 2.45) is 0 Å². The number of rotatable bonds is 7. The summed E-state index contributed by atoms with van der Waals surface area (Å²) in [6, 6.07) is 7.94. The van der Waals surface area contributed by atoms with E-state index in [1.54, 1.807) is 18.2 Å². The second kappa shape index (κ2) is 7.36. The molecule has 2 heterocycles. The van der Waals surface area contributed by atoms with Crippen LogP contribution in [0.25, 0.3) is 11.4 Å². The molecule has 0 amide bonds. The number of benzene rings is 1. The maximum atomic E-state index is 12.7. The van der Waals surface area contributed by atoms with Crippen LogP contribution in [0.4, 0.5) is 5.69 Å². The third-order valence-electron chi connectivity index (χ3n) is 4.34. The van der Waals surface area contributed by atoms with Crippen molar-refractivity contribution in [3.8, 4) is 11.4 Å². The Labute approximate surface area is 155 Å². The number of nitrogens with zero attached hydrogens (tertiary/aromatic N) is 5. The second-order valence-electron chi connectivity index (χ2n) is 6.18. The number of hydrogen-bond donors (Lipinski definition) is 0. The molecule has 0 aliphatic heterocycles. The summed E-state index contributed by atoms with van der Waals surface area (Å²) in [6.45, 7) is 8.27. The van der Waals surface area contributed by atoms with Crippen LogP contribution in [0.15, 0.2) is 49.3 Å². The van der Waals surface area contributed by atoms with E-state index in [2.05, 4.69) is 16.7 Å². The number of ketones is 1. The number of non-ortho nitro benzene ring substituents is 1. The molecule has 1 aromatic carbocycles. The summed E-state index contributed by atoms with van der Waals surface area (Å²) in [6.07, 6.45) is 3.24. The van der Waals surface area contributed by atoms with Gasteiger partial charge in [0.05, 0.1) is 4.92 Å². The minimum absolute atomic E-state index is 0.0328. The smallest absolute Gasteiger partial charge is 0.270 e. The first-order valence-corrected chi connectivity index (χ1v) is 8.35. The molecule has 0 saturated heterocycles. The van der Waals surface area contributed by atoms with Crippen LogP contribution >= 0.6 is 0 Å². The average molecular weight is 365 g/mol. The van der Waals surface area contributed by atoms with Crippen molar-refractivity contribution in [2.45, 2.75) is 26.9 Å². The van der Waals surface area contributed by atoms with E-state index < -0.39 is 4.92 Å². The molecule has 0 spiro atoms. The molecular weight excluding hydrogens is 346 g/mol. The number of nitro groups is 1. The van der Waals surface area contributed by atoms with E-state index in [0.29, 0.717) is 23.5 Å². The number of nitro benzene ring substituents is 1. The average Bonchev–Trinajstić information content (AvgIpc) is 3.22. The van der Waals surface area contributed by atoms with Crippen LogP contribution in [0.5, 0.6) is 0 Å². The first-order valence-electron chi connectivity index (χ1n) is 8.35. The van der Waals surface area contributed by atoms with Gasteiger partial charge in [-0.05, 0) is 19.9 Å². The second-order valence-corrected chi connectivity index (χ2v) is 6.18. The number of aryl methyl sites for hydroxylation is 1. The maximum Gasteiger partial charge on any atom is 0.270 e. The van der Waals surface area contributed by atoms with Gasteiger partial charge in [-0.1, -0.05) is 18.2 Å². The van der Waals surface area contributed by atoms with Gasteiger partial charge < -0.3 is 4.57 Å². The minimum atomic E-state index is -0.469. The highest BCUT2D eigenvalue weighted by Crippen LogP contribution is 2.21. The number of aromatic nitrogens is 4. The quantitative estimate of drug-likeness (QED) is 0.277. The topological polar surface area (TPSA) is 95.8 Å². The van der Waals surface area contributed by atoms with Gasteiger partial charge in [-0.3, -0.25) is 14.9 Å². The van der Waals surface area contributed by atoms with Crippen molar-refractivity contribution in [2.75, 3.05) is 0 Å². The van der Waals surface area contributed by atoms with Crippen molar-refractivity contribution in [3.05, 3.63) is 76.4 Å². The summed E-state index contributed by atoms with van der Waals surface area (Å²) in [4.78, 5) is 27.3. The fourth-order valence-corrected chi connectivity index (χ4v) is 2.99. The Bertz CT molecular complexity index is 1030. The van der Waals surface area contributed by atoms with Crippen LogP contribution in [0.1, 0.15) is 21.7 Å². The summed E-state index contributed by atoms with van der Waals surface area (Å²) >= 11 is 0. The molecule has 8 nitrogen and oxygen atoms in total. The molecule has 0 unspecified atom stereocenters. The zero-order chi connectivity index (χ0) is 19.6. The lowest BCUT2D eigenvalue weighted by atomic mass is 10.1. The van der Waals surface area contributed by atoms with Gasteiger partial charge >= 0.3 is 0 Å². The maximum absolute atomic E-state index is 12.7. The van der Waals surface area contributed by atoms with Gasteiger partial charge in [0.1, 0.15) is 12.9 Å². The number of allylic oxidation sites excluding steroid dienone is 1. The molecular formula is C19H19N5O3. The fourth-order valence-electron chi connectivity index (χ4n) is 2.99. The van der Waals surface area contributed by atoms with E-state index in [9.17, 15) is 14.9 Å². The Morgan fingerprint density at radius 2 is 2.11 bits per heavy atom. The minimum Gasteiger partial charge on any atom is -0.345 e. The Morgan fingerprint density at radius 1 is 1.33 bits per heavy atom. The first-order chi connectivity index (χ1) is 12.9. The predicted molar refractivity (Wildman–Crippen MR) is 101 cm³/mol. The van der Waals surface area contributed by atoms with Gasteiger partial charge in [-0.25, -0.2) is 9.67 Å². The van der Waals surface area contributed by atoms with Crippen molar-refractivity contribution in [1.29, 1.82) is 0 Å². The van der Waals surface area contributed by atoms with Gasteiger partial charge in [0, 0.05) is 41.2 Å². The largest absolute Gasteiger partial charge is 0.345 e. The molecule has 0 radical (unpaired) electrons. The highest BCUT2D eigenvalue weighted by molar-refractivity contribution is 5.97. The standard InChI is InChI=1S/C19H19N5O3/c1-4-8-23-13(2)9-17(14(23)3)18(25)11-22-12-20-19(21-22)15-6-5-7-16(10-15)24(26)27/h4-7,9-10,12H,1,8,11H2,2-3H3. The Balaban J connectivity index is 1.81. The summed E-state index contributed by atoms with van der Waals surface area (Å²) < 4.78 is 3.46. The summed E-state index contributed by atoms with van der Waals surface area (Å²) in [5.41, 5.74) is 3.01. The molecule has 3 aromatic rings. The molecule has 3 rings (SSSR count). The lowest BCUT2D eigenvalue weighted by Gasteiger charge is -2.06. The molecule has 8 heteroatoms. The fraction of sp³-hybridized carbons (Fsp3) is 0.211. The van der Waals surface area contributed by atoms with Gasteiger partial charge in [0.25, 0.3) is 5.69 Å². The van der Waals surface area contributed by atoms with Crippen LogP contribution in [-0.2, 0) is 13.1 Å². The Hall–Kier alpha value is -3.55. The highest BCUT2D eigenvalue weighted by atomic mass is 16.6. The molecule has 2 aromatic heterocycles. The Morgan fingerprint density at radius 3 is 2.81 bits per heavy atom. The van der Waals surface area contributed by atoms with Crippen molar-refractivity contribution in [3.63, 3.8) is 0 Å². The van der Waals surface area contributed by atoms with E-state index in [0.717, 1.165) is 11.4 Å². The monoisotopic (exact) mass is 365 g/mol. The molecule has 0 aliphatic rings. The van der Waals surface area contributed by atoms with E-state index in [1.807, 2.05) is 24.5 Å². The first kappa shape index (κ1) is 18.2. The molecule has 0 bridgehead atoms. The van der Waals surface area contributed by atoms with Crippen LogP contribution in [-0.4, -0.2) is 30.0 Å². The van der Waals surface area contributed by atoms with Crippen LogP contribution in [0, 0.1) is 24.0 Å². The third kappa shape index (κ3) is 3.69. The summed E-state index contributed by atoms with van der Waals surface area (Å²) in [7, 11) is 0. The lowest BCUT2D eigenvalue weighted by Crippen LogP contribution is -2.12. The highest BCUT2D eigenvalue weighted by Gasteiger charge is 2.17. The molecule has 27 heavy (non-hydrogen) atoms. The summed E-state index contributed by atoms with van der Waals surface area (Å²) in [5, 5.41) is 15.2. The van der Waals surface area contributed by atoms with E-state index in [-0.39, 0.29) is 18.0 Å². The summed E-state index contributed by atoms with van der Waals surface area (Å²) in [5.74, 6) is 0.262. The molecule has 0 N–H and O–H groups in total. The SMILES string of the molecule is C=CCn1c(C)cc(C(=O)Cn2cnc(-c3cccc([N+](=O)[O-])c3)n2)c1C. The van der Waals surface area contributed by atoms with Crippen LogP contribution in [0.2, 0.25) is 0 Å². The zero-order valence-electron chi connectivity index (χ0n) is 15.1. The number of hydrogen-bond acceptors (Lipinski definition) is 5. The van der Waals surface area contributed by atoms with E-state index >= 15 is 0 Å². The number of carbonyl (C=O) groups excluding carboxylic acids is 1. The normalized spacial score (nSPS) is 10.7. The van der Waals surface area contributed by atoms with Crippen molar-refractivity contribution < 1.29 is 9.72 Å². The molecule has 0 saturated carbocycles.